The lowest BCUT2D eigenvalue weighted by Gasteiger charge is -2.29. The van der Waals surface area contributed by atoms with E-state index in [0.717, 1.165) is 16.5 Å². The molecule has 0 fully saturated rings. The maximum Gasteiger partial charge on any atom is 0.261 e. The number of amides is 2. The van der Waals surface area contributed by atoms with Gasteiger partial charge < -0.3 is 15.0 Å². The first-order valence-electron chi connectivity index (χ1n) is 10.9. The number of rotatable bonds is 10. The van der Waals surface area contributed by atoms with Gasteiger partial charge in [0.15, 0.2) is 6.61 Å². The predicted molar refractivity (Wildman–Crippen MR) is 133 cm³/mol. The van der Waals surface area contributed by atoms with Gasteiger partial charge in [-0.1, -0.05) is 50.6 Å². The number of halogens is 2. The lowest BCUT2D eigenvalue weighted by molar-refractivity contribution is -0.142. The lowest BCUT2D eigenvalue weighted by Crippen LogP contribution is -2.50. The molecule has 2 aromatic carbocycles. The van der Waals surface area contributed by atoms with E-state index >= 15 is 0 Å². The van der Waals surface area contributed by atoms with Crippen molar-refractivity contribution >= 4 is 39.3 Å². The third kappa shape index (κ3) is 7.52. The minimum absolute atomic E-state index is 0.0275. The first-order valence-corrected chi connectivity index (χ1v) is 12.1. The summed E-state index contributed by atoms with van der Waals surface area (Å²) in [5.41, 5.74) is 2.02. The summed E-state index contributed by atoms with van der Waals surface area (Å²) >= 11 is 9.64. The molecule has 32 heavy (non-hydrogen) atoms. The molecule has 0 spiro atoms. The summed E-state index contributed by atoms with van der Waals surface area (Å²) in [6, 6.07) is 12.5. The third-order valence-corrected chi connectivity index (χ3v) is 6.24. The molecule has 0 heterocycles. The van der Waals surface area contributed by atoms with Gasteiger partial charge in [0.1, 0.15) is 11.8 Å². The van der Waals surface area contributed by atoms with Crippen LogP contribution in [0, 0.1) is 0 Å². The third-order valence-electron chi connectivity index (χ3n) is 5.38. The van der Waals surface area contributed by atoms with E-state index in [4.69, 9.17) is 16.3 Å². The standard InChI is InChI=1S/C25H32BrClN2O3/c1-6-17(4)28-25(31)18(5)29(14-19-8-7-9-21(27)12-19)24(30)15-32-23-11-10-20(16(2)3)13-22(23)26/h7-13,16-18H,6,14-15H2,1-5H3,(H,28,31)/t17-,18-/m1/s1. The van der Waals surface area contributed by atoms with Gasteiger partial charge in [0.25, 0.3) is 5.91 Å². The summed E-state index contributed by atoms with van der Waals surface area (Å²) < 4.78 is 6.60. The maximum absolute atomic E-state index is 13.2. The van der Waals surface area contributed by atoms with Crippen LogP contribution >= 0.6 is 27.5 Å². The van der Waals surface area contributed by atoms with E-state index < -0.39 is 6.04 Å². The molecule has 7 heteroatoms. The quantitative estimate of drug-likeness (QED) is 0.419. The van der Waals surface area contributed by atoms with Crippen LogP contribution in [0.5, 0.6) is 5.75 Å². The van der Waals surface area contributed by atoms with Gasteiger partial charge >= 0.3 is 0 Å². The Balaban J connectivity index is 2.18. The zero-order valence-corrected chi connectivity index (χ0v) is 21.7. The second-order valence-corrected chi connectivity index (χ2v) is 9.57. The SMILES string of the molecule is CC[C@@H](C)NC(=O)[C@@H](C)N(Cc1cccc(Cl)c1)C(=O)COc1ccc(C(C)C)cc1Br. The average molecular weight is 524 g/mol. The predicted octanol–water partition coefficient (Wildman–Crippen LogP) is 5.94. The number of nitrogens with one attached hydrogen (secondary N) is 1. The molecule has 0 aliphatic rings. The van der Waals surface area contributed by atoms with Crippen LogP contribution < -0.4 is 10.1 Å². The fourth-order valence-corrected chi connectivity index (χ4v) is 3.82. The first-order chi connectivity index (χ1) is 15.1. The first kappa shape index (κ1) is 26.2. The molecule has 0 unspecified atom stereocenters. The summed E-state index contributed by atoms with van der Waals surface area (Å²) in [5.74, 6) is 0.496. The van der Waals surface area contributed by atoms with Crippen molar-refractivity contribution in [2.24, 2.45) is 0 Å². The smallest absolute Gasteiger partial charge is 0.261 e. The van der Waals surface area contributed by atoms with Crippen molar-refractivity contribution in [2.45, 2.75) is 65.6 Å². The Hall–Kier alpha value is -2.05. The van der Waals surface area contributed by atoms with Crippen LogP contribution in [-0.2, 0) is 16.1 Å². The average Bonchev–Trinajstić information content (AvgIpc) is 2.75. The topological polar surface area (TPSA) is 58.6 Å². The van der Waals surface area contributed by atoms with Crippen molar-refractivity contribution in [1.29, 1.82) is 0 Å². The summed E-state index contributed by atoms with van der Waals surface area (Å²) in [4.78, 5) is 27.5. The molecule has 0 radical (unpaired) electrons. The molecule has 0 aliphatic heterocycles. The molecule has 0 aromatic heterocycles. The van der Waals surface area contributed by atoms with Gasteiger partial charge in [-0.2, -0.15) is 0 Å². The van der Waals surface area contributed by atoms with E-state index in [9.17, 15) is 9.59 Å². The van der Waals surface area contributed by atoms with E-state index in [1.807, 2.05) is 44.2 Å². The van der Waals surface area contributed by atoms with Crippen LogP contribution in [0.3, 0.4) is 0 Å². The van der Waals surface area contributed by atoms with Crippen molar-refractivity contribution in [1.82, 2.24) is 10.2 Å². The number of benzene rings is 2. The summed E-state index contributed by atoms with van der Waals surface area (Å²) in [7, 11) is 0. The lowest BCUT2D eigenvalue weighted by atomic mass is 10.0. The highest BCUT2D eigenvalue weighted by Gasteiger charge is 2.27. The minimum Gasteiger partial charge on any atom is -0.483 e. The van der Waals surface area contributed by atoms with E-state index in [1.54, 1.807) is 19.1 Å². The molecule has 2 amide bonds. The van der Waals surface area contributed by atoms with Crippen molar-refractivity contribution in [3.8, 4) is 5.75 Å². The van der Waals surface area contributed by atoms with Crippen LogP contribution in [0.2, 0.25) is 5.02 Å². The highest BCUT2D eigenvalue weighted by Crippen LogP contribution is 2.29. The summed E-state index contributed by atoms with van der Waals surface area (Å²) in [6.45, 7) is 9.98. The Bertz CT molecular complexity index is 935. The second kappa shape index (κ2) is 12.3. The van der Waals surface area contributed by atoms with E-state index in [2.05, 4.69) is 35.1 Å². The van der Waals surface area contributed by atoms with Crippen molar-refractivity contribution in [3.63, 3.8) is 0 Å². The van der Waals surface area contributed by atoms with E-state index in [1.165, 1.54) is 10.5 Å². The molecule has 0 bridgehead atoms. The molecule has 174 valence electrons. The fourth-order valence-electron chi connectivity index (χ4n) is 3.10. The van der Waals surface area contributed by atoms with Gasteiger partial charge in [-0.25, -0.2) is 0 Å². The summed E-state index contributed by atoms with van der Waals surface area (Å²) in [6.07, 6.45) is 0.810. The van der Waals surface area contributed by atoms with Crippen LogP contribution in [0.15, 0.2) is 46.9 Å². The fraction of sp³-hybridized carbons (Fsp3) is 0.440. The van der Waals surface area contributed by atoms with Crippen LogP contribution in [0.4, 0.5) is 0 Å². The second-order valence-electron chi connectivity index (χ2n) is 8.28. The molecular formula is C25H32BrClN2O3. The van der Waals surface area contributed by atoms with Crippen molar-refractivity contribution in [3.05, 3.63) is 63.1 Å². The van der Waals surface area contributed by atoms with E-state index in [0.29, 0.717) is 16.7 Å². The Morgan fingerprint density at radius 2 is 1.84 bits per heavy atom. The highest BCUT2D eigenvalue weighted by molar-refractivity contribution is 9.10. The highest BCUT2D eigenvalue weighted by atomic mass is 79.9. The van der Waals surface area contributed by atoms with Gasteiger partial charge in [0.05, 0.1) is 4.47 Å². The Morgan fingerprint density at radius 1 is 1.12 bits per heavy atom. The largest absolute Gasteiger partial charge is 0.483 e. The molecule has 2 atom stereocenters. The van der Waals surface area contributed by atoms with Gasteiger partial charge in [0.2, 0.25) is 5.91 Å². The zero-order chi connectivity index (χ0) is 23.8. The Morgan fingerprint density at radius 3 is 2.44 bits per heavy atom. The summed E-state index contributed by atoms with van der Waals surface area (Å²) in [5, 5.41) is 3.53. The number of hydrogen-bond donors (Lipinski definition) is 1. The Kier molecular flexibility index (Phi) is 10.0. The van der Waals surface area contributed by atoms with Gasteiger partial charge in [0, 0.05) is 17.6 Å². The monoisotopic (exact) mass is 522 g/mol. The van der Waals surface area contributed by atoms with Crippen LogP contribution in [0.25, 0.3) is 0 Å². The van der Waals surface area contributed by atoms with Gasteiger partial charge in [-0.05, 0) is 77.5 Å². The van der Waals surface area contributed by atoms with Gasteiger partial charge in [-0.3, -0.25) is 9.59 Å². The molecule has 0 saturated heterocycles. The maximum atomic E-state index is 13.2. The number of carbonyl (C=O) groups is 2. The van der Waals surface area contributed by atoms with Crippen LogP contribution in [-0.4, -0.2) is 35.4 Å². The van der Waals surface area contributed by atoms with Crippen molar-refractivity contribution in [2.75, 3.05) is 6.61 Å². The Labute approximate surface area is 204 Å². The molecule has 5 nitrogen and oxygen atoms in total. The van der Waals surface area contributed by atoms with Gasteiger partial charge in [-0.15, -0.1) is 0 Å². The molecular weight excluding hydrogens is 492 g/mol. The minimum atomic E-state index is -0.661. The zero-order valence-electron chi connectivity index (χ0n) is 19.3. The van der Waals surface area contributed by atoms with Crippen molar-refractivity contribution < 1.29 is 14.3 Å². The van der Waals surface area contributed by atoms with E-state index in [-0.39, 0.29) is 31.0 Å². The number of hydrogen-bond acceptors (Lipinski definition) is 3. The normalized spacial score (nSPS) is 12.9. The molecule has 0 saturated carbocycles. The molecule has 2 rings (SSSR count). The number of carbonyl (C=O) groups excluding carboxylic acids is 2. The number of nitrogens with zero attached hydrogens (tertiary/aromatic N) is 1. The number of ether oxygens (including phenoxy) is 1. The molecule has 2 aromatic rings. The molecule has 1 N–H and O–H groups in total. The van der Waals surface area contributed by atoms with Crippen LogP contribution in [0.1, 0.15) is 58.1 Å². The molecule has 0 aliphatic carbocycles.